The quantitative estimate of drug-likeness (QED) is 0.423. The molecule has 108 valence electrons. The van der Waals surface area contributed by atoms with Gasteiger partial charge in [0, 0.05) is 19.4 Å². The highest BCUT2D eigenvalue weighted by Gasteiger charge is 1.90. The highest BCUT2D eigenvalue weighted by atomic mass is 16.2. The van der Waals surface area contributed by atoms with Gasteiger partial charge in [-0.25, -0.2) is 0 Å². The third-order valence-corrected chi connectivity index (χ3v) is 3.10. The first-order valence-corrected chi connectivity index (χ1v) is 7.98. The highest BCUT2D eigenvalue weighted by molar-refractivity contribution is 5.25. The fraction of sp³-hybridized carbons (Fsp3) is 0.778. The van der Waals surface area contributed by atoms with Crippen molar-refractivity contribution >= 4 is 0 Å². The van der Waals surface area contributed by atoms with Crippen molar-refractivity contribution in [1.29, 1.82) is 0 Å². The van der Waals surface area contributed by atoms with Crippen LogP contribution in [-0.4, -0.2) is 11.7 Å². The average Bonchev–Trinajstić information content (AvgIpc) is 2.43. The first-order valence-electron chi connectivity index (χ1n) is 7.98. The Labute approximate surface area is 120 Å². The lowest BCUT2D eigenvalue weighted by Crippen LogP contribution is -1.80. The van der Waals surface area contributed by atoms with Crippen molar-refractivity contribution in [3.8, 4) is 23.7 Å². The Bertz CT molecular complexity index is 284. The molecule has 0 fully saturated rings. The Morgan fingerprint density at radius 3 is 1.63 bits per heavy atom. The van der Waals surface area contributed by atoms with Gasteiger partial charge in [0.25, 0.3) is 0 Å². The molecule has 0 rings (SSSR count). The number of unbranched alkanes of at least 4 members (excludes halogenated alkanes) is 10. The van der Waals surface area contributed by atoms with E-state index in [4.69, 9.17) is 5.11 Å². The SMILES string of the molecule is CCCCCCCCCCCC#CC#CCCCO. The van der Waals surface area contributed by atoms with E-state index >= 15 is 0 Å². The lowest BCUT2D eigenvalue weighted by molar-refractivity contribution is 0.290. The smallest absolute Gasteiger partial charge is 0.0440 e. The van der Waals surface area contributed by atoms with Crippen molar-refractivity contribution in [1.82, 2.24) is 0 Å². The minimum atomic E-state index is 0.223. The Morgan fingerprint density at radius 1 is 0.632 bits per heavy atom. The minimum absolute atomic E-state index is 0.223. The molecule has 19 heavy (non-hydrogen) atoms. The zero-order valence-electron chi connectivity index (χ0n) is 12.6. The Kier molecular flexibility index (Phi) is 16.3. The fourth-order valence-electron chi connectivity index (χ4n) is 1.90. The molecule has 0 atom stereocenters. The third kappa shape index (κ3) is 17.1. The van der Waals surface area contributed by atoms with Gasteiger partial charge >= 0.3 is 0 Å². The Morgan fingerprint density at radius 2 is 1.11 bits per heavy atom. The van der Waals surface area contributed by atoms with E-state index in [1.54, 1.807) is 0 Å². The molecule has 0 aliphatic rings. The van der Waals surface area contributed by atoms with Crippen LogP contribution in [0.5, 0.6) is 0 Å². The molecule has 0 saturated carbocycles. The van der Waals surface area contributed by atoms with Crippen LogP contribution in [0.25, 0.3) is 0 Å². The second-order valence-electron chi connectivity index (χ2n) is 5.01. The van der Waals surface area contributed by atoms with Gasteiger partial charge in [-0.3, -0.25) is 0 Å². The van der Waals surface area contributed by atoms with E-state index in [-0.39, 0.29) is 6.61 Å². The maximum absolute atomic E-state index is 8.57. The Balaban J connectivity index is 3.17. The van der Waals surface area contributed by atoms with Crippen molar-refractivity contribution < 1.29 is 5.11 Å². The summed E-state index contributed by atoms with van der Waals surface area (Å²) in [6.07, 6.45) is 14.7. The summed E-state index contributed by atoms with van der Waals surface area (Å²) >= 11 is 0. The standard InChI is InChI=1S/C18H30O/c1-2-3-4-5-6-7-8-9-10-11-12-13-14-15-16-17-18-19/h19H,2-11,16-18H2,1H3. The second-order valence-corrected chi connectivity index (χ2v) is 5.01. The summed E-state index contributed by atoms with van der Waals surface area (Å²) in [5, 5.41) is 8.57. The molecule has 0 spiro atoms. The van der Waals surface area contributed by atoms with Gasteiger partial charge in [-0.1, -0.05) is 70.1 Å². The fourth-order valence-corrected chi connectivity index (χ4v) is 1.90. The maximum atomic E-state index is 8.57. The Hall–Kier alpha value is -0.920. The van der Waals surface area contributed by atoms with Gasteiger partial charge < -0.3 is 5.11 Å². The van der Waals surface area contributed by atoms with Crippen LogP contribution in [0.4, 0.5) is 0 Å². The molecule has 1 N–H and O–H groups in total. The zero-order valence-corrected chi connectivity index (χ0v) is 12.6. The van der Waals surface area contributed by atoms with E-state index in [0.29, 0.717) is 0 Å². The van der Waals surface area contributed by atoms with Crippen molar-refractivity contribution in [2.75, 3.05) is 6.61 Å². The molecule has 0 aliphatic carbocycles. The summed E-state index contributed by atoms with van der Waals surface area (Å²) < 4.78 is 0. The first-order chi connectivity index (χ1) is 9.41. The monoisotopic (exact) mass is 262 g/mol. The molecule has 0 saturated heterocycles. The van der Waals surface area contributed by atoms with E-state index in [9.17, 15) is 0 Å². The molecule has 0 aliphatic heterocycles. The molecular formula is C18H30O. The van der Waals surface area contributed by atoms with Crippen molar-refractivity contribution in [3.05, 3.63) is 0 Å². The number of hydrogen-bond donors (Lipinski definition) is 1. The predicted octanol–water partition coefficient (Wildman–Crippen LogP) is 4.69. The van der Waals surface area contributed by atoms with E-state index in [1.807, 2.05) is 0 Å². The van der Waals surface area contributed by atoms with E-state index < -0.39 is 0 Å². The number of aliphatic hydroxyl groups is 1. The van der Waals surface area contributed by atoms with E-state index in [2.05, 4.69) is 30.6 Å². The molecule has 0 radical (unpaired) electrons. The maximum Gasteiger partial charge on any atom is 0.0440 e. The van der Waals surface area contributed by atoms with Crippen molar-refractivity contribution in [2.24, 2.45) is 0 Å². The van der Waals surface area contributed by atoms with Crippen LogP contribution in [0, 0.1) is 23.7 Å². The first kappa shape index (κ1) is 18.1. The lowest BCUT2D eigenvalue weighted by Gasteiger charge is -1.99. The molecule has 0 unspecified atom stereocenters. The zero-order chi connectivity index (χ0) is 14.0. The van der Waals surface area contributed by atoms with Crippen LogP contribution in [0.1, 0.15) is 84.0 Å². The molecule has 0 aromatic rings. The molecule has 0 heterocycles. The summed E-state index contributed by atoms with van der Waals surface area (Å²) in [4.78, 5) is 0. The van der Waals surface area contributed by atoms with Gasteiger partial charge in [0.2, 0.25) is 0 Å². The third-order valence-electron chi connectivity index (χ3n) is 3.10. The molecular weight excluding hydrogens is 232 g/mol. The van der Waals surface area contributed by atoms with Crippen molar-refractivity contribution in [2.45, 2.75) is 84.0 Å². The summed E-state index contributed by atoms with van der Waals surface area (Å²) in [5.74, 6) is 11.7. The summed E-state index contributed by atoms with van der Waals surface area (Å²) in [7, 11) is 0. The highest BCUT2D eigenvalue weighted by Crippen LogP contribution is 2.10. The predicted molar refractivity (Wildman–Crippen MR) is 83.7 cm³/mol. The average molecular weight is 262 g/mol. The number of hydrogen-bond acceptors (Lipinski definition) is 1. The summed E-state index contributed by atoms with van der Waals surface area (Å²) in [6, 6.07) is 0. The van der Waals surface area contributed by atoms with E-state index in [0.717, 1.165) is 19.3 Å². The lowest BCUT2D eigenvalue weighted by atomic mass is 10.1. The van der Waals surface area contributed by atoms with Gasteiger partial charge in [0.05, 0.1) is 0 Å². The van der Waals surface area contributed by atoms with Crippen LogP contribution in [0.2, 0.25) is 0 Å². The van der Waals surface area contributed by atoms with E-state index in [1.165, 1.54) is 57.8 Å². The molecule has 0 aromatic heterocycles. The molecule has 0 amide bonds. The van der Waals surface area contributed by atoms with Crippen LogP contribution in [0.3, 0.4) is 0 Å². The van der Waals surface area contributed by atoms with Gasteiger partial charge in [-0.2, -0.15) is 0 Å². The van der Waals surface area contributed by atoms with Gasteiger partial charge in [-0.05, 0) is 24.7 Å². The van der Waals surface area contributed by atoms with Crippen LogP contribution in [-0.2, 0) is 0 Å². The van der Waals surface area contributed by atoms with Crippen LogP contribution < -0.4 is 0 Å². The molecule has 0 aromatic carbocycles. The van der Waals surface area contributed by atoms with Crippen LogP contribution in [0.15, 0.2) is 0 Å². The molecule has 1 heteroatoms. The molecule has 0 bridgehead atoms. The normalized spacial score (nSPS) is 9.37. The van der Waals surface area contributed by atoms with Crippen LogP contribution >= 0.6 is 0 Å². The number of aliphatic hydroxyl groups excluding tert-OH is 1. The largest absolute Gasteiger partial charge is 0.396 e. The summed E-state index contributed by atoms with van der Waals surface area (Å²) in [5.41, 5.74) is 0. The second kappa shape index (κ2) is 17.1. The molecule has 1 nitrogen and oxygen atoms in total. The van der Waals surface area contributed by atoms with Gasteiger partial charge in [0.15, 0.2) is 0 Å². The van der Waals surface area contributed by atoms with Crippen molar-refractivity contribution in [3.63, 3.8) is 0 Å². The summed E-state index contributed by atoms with van der Waals surface area (Å²) in [6.45, 7) is 2.48. The topological polar surface area (TPSA) is 20.2 Å². The minimum Gasteiger partial charge on any atom is -0.396 e. The number of rotatable bonds is 11. The van der Waals surface area contributed by atoms with Gasteiger partial charge in [0.1, 0.15) is 0 Å². The van der Waals surface area contributed by atoms with Gasteiger partial charge in [-0.15, -0.1) is 0 Å².